The summed E-state index contributed by atoms with van der Waals surface area (Å²) in [6.45, 7) is 3.36. The van der Waals surface area contributed by atoms with Crippen LogP contribution in [0.15, 0.2) is 30.3 Å². The van der Waals surface area contributed by atoms with Crippen LogP contribution in [0.3, 0.4) is 0 Å². The first-order valence-electron chi connectivity index (χ1n) is 5.66. The van der Waals surface area contributed by atoms with E-state index < -0.39 is 0 Å². The Balaban J connectivity index is 2.02. The van der Waals surface area contributed by atoms with Crippen LogP contribution in [0.25, 0.3) is 11.3 Å². The summed E-state index contributed by atoms with van der Waals surface area (Å²) < 4.78 is 20.3. The second-order valence-electron chi connectivity index (χ2n) is 4.34. The lowest BCUT2D eigenvalue weighted by Gasteiger charge is -2.20. The Labute approximate surface area is 98.8 Å². The van der Waals surface area contributed by atoms with Gasteiger partial charge in [0.1, 0.15) is 5.82 Å². The topological polar surface area (TPSA) is 27.1 Å². The SMILES string of the molecule is CC1COCc2cc(-c3ccc(F)cc3)nn21. The summed E-state index contributed by atoms with van der Waals surface area (Å²) in [5.41, 5.74) is 2.88. The van der Waals surface area contributed by atoms with Crippen LogP contribution in [0.4, 0.5) is 4.39 Å². The third-order valence-corrected chi connectivity index (χ3v) is 2.98. The lowest BCUT2D eigenvalue weighted by atomic mass is 10.1. The molecule has 0 saturated carbocycles. The van der Waals surface area contributed by atoms with Crippen LogP contribution < -0.4 is 0 Å². The van der Waals surface area contributed by atoms with Crippen molar-refractivity contribution < 1.29 is 9.13 Å². The highest BCUT2D eigenvalue weighted by Crippen LogP contribution is 2.24. The van der Waals surface area contributed by atoms with Crippen LogP contribution in [0.1, 0.15) is 18.7 Å². The van der Waals surface area contributed by atoms with E-state index in [2.05, 4.69) is 12.0 Å². The number of hydrogen-bond acceptors (Lipinski definition) is 2. The first-order valence-corrected chi connectivity index (χ1v) is 5.66. The molecule has 88 valence electrons. The molecule has 2 aromatic rings. The fourth-order valence-corrected chi connectivity index (χ4v) is 2.09. The van der Waals surface area contributed by atoms with E-state index in [1.54, 1.807) is 12.1 Å². The summed E-state index contributed by atoms with van der Waals surface area (Å²) in [5, 5.41) is 4.55. The summed E-state index contributed by atoms with van der Waals surface area (Å²) >= 11 is 0. The lowest BCUT2D eigenvalue weighted by Crippen LogP contribution is -2.21. The minimum atomic E-state index is -0.227. The van der Waals surface area contributed by atoms with Gasteiger partial charge in [0.05, 0.1) is 30.6 Å². The van der Waals surface area contributed by atoms with E-state index in [0.717, 1.165) is 17.0 Å². The molecule has 1 atom stereocenters. The second kappa shape index (κ2) is 3.96. The van der Waals surface area contributed by atoms with Gasteiger partial charge in [0.2, 0.25) is 0 Å². The minimum absolute atomic E-state index is 0.227. The Morgan fingerprint density at radius 2 is 2.12 bits per heavy atom. The molecule has 3 rings (SSSR count). The summed E-state index contributed by atoms with van der Waals surface area (Å²) in [5.74, 6) is -0.227. The zero-order chi connectivity index (χ0) is 11.8. The van der Waals surface area contributed by atoms with Crippen molar-refractivity contribution in [3.05, 3.63) is 41.8 Å². The van der Waals surface area contributed by atoms with Gasteiger partial charge >= 0.3 is 0 Å². The molecule has 0 aliphatic carbocycles. The van der Waals surface area contributed by atoms with Crippen LogP contribution >= 0.6 is 0 Å². The van der Waals surface area contributed by atoms with Gasteiger partial charge in [-0.3, -0.25) is 4.68 Å². The van der Waals surface area contributed by atoms with Gasteiger partial charge in [0.25, 0.3) is 0 Å². The first kappa shape index (κ1) is 10.5. The van der Waals surface area contributed by atoms with Crippen molar-refractivity contribution in [2.24, 2.45) is 0 Å². The Morgan fingerprint density at radius 3 is 2.82 bits per heavy atom. The molecular weight excluding hydrogens is 219 g/mol. The number of nitrogens with zero attached hydrogens (tertiary/aromatic N) is 2. The Bertz CT molecular complexity index is 533. The number of rotatable bonds is 1. The molecule has 1 aliphatic heterocycles. The Morgan fingerprint density at radius 1 is 1.35 bits per heavy atom. The number of ether oxygens (including phenoxy) is 1. The average Bonchev–Trinajstić information content (AvgIpc) is 2.75. The molecule has 0 bridgehead atoms. The Kier molecular flexibility index (Phi) is 2.44. The minimum Gasteiger partial charge on any atom is -0.373 e. The smallest absolute Gasteiger partial charge is 0.123 e. The molecule has 1 aromatic carbocycles. The van der Waals surface area contributed by atoms with Gasteiger partial charge in [0, 0.05) is 5.56 Å². The number of fused-ring (bicyclic) bond motifs is 1. The van der Waals surface area contributed by atoms with Crippen LogP contribution in [0.5, 0.6) is 0 Å². The van der Waals surface area contributed by atoms with Crippen molar-refractivity contribution >= 4 is 0 Å². The Hall–Kier alpha value is -1.68. The number of hydrogen-bond donors (Lipinski definition) is 0. The lowest BCUT2D eigenvalue weighted by molar-refractivity contribution is 0.0576. The maximum atomic E-state index is 12.8. The van der Waals surface area contributed by atoms with Gasteiger partial charge in [-0.1, -0.05) is 0 Å². The molecule has 0 spiro atoms. The normalized spacial score (nSPS) is 19.1. The second-order valence-corrected chi connectivity index (χ2v) is 4.34. The van der Waals surface area contributed by atoms with Gasteiger partial charge in [-0.2, -0.15) is 5.10 Å². The van der Waals surface area contributed by atoms with Crippen molar-refractivity contribution in [3.63, 3.8) is 0 Å². The summed E-state index contributed by atoms with van der Waals surface area (Å²) in [6, 6.07) is 8.65. The molecular formula is C13H13FN2O. The van der Waals surface area contributed by atoms with Crippen LogP contribution in [-0.4, -0.2) is 16.4 Å². The third-order valence-electron chi connectivity index (χ3n) is 2.98. The van der Waals surface area contributed by atoms with Gasteiger partial charge in [-0.25, -0.2) is 4.39 Å². The third kappa shape index (κ3) is 1.85. The molecule has 1 unspecified atom stereocenters. The van der Waals surface area contributed by atoms with Crippen molar-refractivity contribution in [2.45, 2.75) is 19.6 Å². The maximum absolute atomic E-state index is 12.8. The van der Waals surface area contributed by atoms with E-state index in [0.29, 0.717) is 13.2 Å². The fourth-order valence-electron chi connectivity index (χ4n) is 2.09. The van der Waals surface area contributed by atoms with Crippen LogP contribution in [0.2, 0.25) is 0 Å². The fraction of sp³-hybridized carbons (Fsp3) is 0.308. The van der Waals surface area contributed by atoms with Crippen LogP contribution in [-0.2, 0) is 11.3 Å². The molecule has 4 heteroatoms. The van der Waals surface area contributed by atoms with Crippen molar-refractivity contribution in [3.8, 4) is 11.3 Å². The molecule has 0 N–H and O–H groups in total. The van der Waals surface area contributed by atoms with E-state index in [1.807, 2.05) is 10.7 Å². The molecule has 0 amide bonds. The molecule has 0 radical (unpaired) electrons. The average molecular weight is 232 g/mol. The highest BCUT2D eigenvalue weighted by molar-refractivity contribution is 5.59. The summed E-state index contributed by atoms with van der Waals surface area (Å²) in [7, 11) is 0. The maximum Gasteiger partial charge on any atom is 0.123 e. The molecule has 3 nitrogen and oxygen atoms in total. The quantitative estimate of drug-likeness (QED) is 0.756. The zero-order valence-corrected chi connectivity index (χ0v) is 9.56. The largest absolute Gasteiger partial charge is 0.373 e. The first-order chi connectivity index (χ1) is 8.24. The van der Waals surface area contributed by atoms with Gasteiger partial charge in [-0.05, 0) is 37.3 Å². The highest BCUT2D eigenvalue weighted by Gasteiger charge is 2.19. The van der Waals surface area contributed by atoms with E-state index in [1.165, 1.54) is 12.1 Å². The van der Waals surface area contributed by atoms with E-state index >= 15 is 0 Å². The predicted octanol–water partition coefficient (Wildman–Crippen LogP) is 2.78. The van der Waals surface area contributed by atoms with E-state index in [-0.39, 0.29) is 11.9 Å². The van der Waals surface area contributed by atoms with Crippen molar-refractivity contribution in [2.75, 3.05) is 6.61 Å². The van der Waals surface area contributed by atoms with Crippen molar-refractivity contribution in [1.82, 2.24) is 9.78 Å². The van der Waals surface area contributed by atoms with Gasteiger partial charge in [0.15, 0.2) is 0 Å². The highest BCUT2D eigenvalue weighted by atomic mass is 19.1. The standard InChI is InChI=1S/C13H13FN2O/c1-9-7-17-8-12-6-13(15-16(9)12)10-2-4-11(14)5-3-10/h2-6,9H,7-8H2,1H3. The van der Waals surface area contributed by atoms with Gasteiger partial charge < -0.3 is 4.74 Å². The molecule has 0 saturated heterocycles. The summed E-state index contributed by atoms with van der Waals surface area (Å²) in [4.78, 5) is 0. The molecule has 1 aliphatic rings. The predicted molar refractivity (Wildman–Crippen MR) is 62.0 cm³/mol. The molecule has 0 fully saturated rings. The van der Waals surface area contributed by atoms with E-state index in [9.17, 15) is 4.39 Å². The van der Waals surface area contributed by atoms with Crippen molar-refractivity contribution in [1.29, 1.82) is 0 Å². The monoisotopic (exact) mass is 232 g/mol. The molecule has 1 aromatic heterocycles. The van der Waals surface area contributed by atoms with E-state index in [4.69, 9.17) is 4.74 Å². The van der Waals surface area contributed by atoms with Crippen LogP contribution in [0, 0.1) is 5.82 Å². The molecule has 17 heavy (non-hydrogen) atoms. The number of benzene rings is 1. The molecule has 2 heterocycles. The van der Waals surface area contributed by atoms with Gasteiger partial charge in [-0.15, -0.1) is 0 Å². The number of halogens is 1. The zero-order valence-electron chi connectivity index (χ0n) is 9.56. The number of aromatic nitrogens is 2. The summed E-state index contributed by atoms with van der Waals surface area (Å²) in [6.07, 6.45) is 0.